The highest BCUT2D eigenvalue weighted by Crippen LogP contribution is 2.32. The fourth-order valence-corrected chi connectivity index (χ4v) is 3.80. The molecule has 2 N–H and O–H groups in total. The molecular formula is C20H18N2O6S. The van der Waals surface area contributed by atoms with Crippen LogP contribution in [0.2, 0.25) is 0 Å². The quantitative estimate of drug-likeness (QED) is 0.615. The molecular weight excluding hydrogens is 396 g/mol. The Morgan fingerprint density at radius 3 is 2.52 bits per heavy atom. The topological polar surface area (TPSA) is 107 Å². The molecule has 0 aliphatic carbocycles. The van der Waals surface area contributed by atoms with Crippen LogP contribution in [0, 0.1) is 0 Å². The molecule has 1 aliphatic heterocycles. The van der Waals surface area contributed by atoms with E-state index in [1.807, 2.05) is 0 Å². The monoisotopic (exact) mass is 414 g/mol. The molecule has 3 aromatic rings. The van der Waals surface area contributed by atoms with Crippen molar-refractivity contribution in [3.05, 3.63) is 77.7 Å². The van der Waals surface area contributed by atoms with E-state index in [9.17, 15) is 13.2 Å². The highest BCUT2D eigenvalue weighted by molar-refractivity contribution is 7.89. The number of hydrogen-bond donors (Lipinski definition) is 2. The molecule has 2 heterocycles. The van der Waals surface area contributed by atoms with Crippen molar-refractivity contribution >= 4 is 15.9 Å². The van der Waals surface area contributed by atoms with Crippen LogP contribution in [0.3, 0.4) is 0 Å². The first-order valence-corrected chi connectivity index (χ1v) is 10.3. The summed E-state index contributed by atoms with van der Waals surface area (Å²) in [7, 11) is -3.73. The molecule has 0 spiro atoms. The molecule has 1 amide bonds. The molecule has 0 saturated carbocycles. The number of furan rings is 1. The summed E-state index contributed by atoms with van der Waals surface area (Å²) in [5.41, 5.74) is 1.10. The number of fused-ring (bicyclic) bond motifs is 1. The van der Waals surface area contributed by atoms with Gasteiger partial charge in [-0.05, 0) is 54.1 Å². The normalized spacial score (nSPS) is 12.7. The Bertz CT molecular complexity index is 1110. The molecule has 0 unspecified atom stereocenters. The van der Waals surface area contributed by atoms with Crippen LogP contribution in [0.5, 0.6) is 11.5 Å². The van der Waals surface area contributed by atoms with Crippen LogP contribution in [0.1, 0.15) is 21.7 Å². The van der Waals surface area contributed by atoms with Crippen molar-refractivity contribution in [3.63, 3.8) is 0 Å². The second-order valence-corrected chi connectivity index (χ2v) is 8.07. The van der Waals surface area contributed by atoms with Gasteiger partial charge in [-0.1, -0.05) is 6.07 Å². The van der Waals surface area contributed by atoms with Crippen LogP contribution in [-0.2, 0) is 23.1 Å². The highest BCUT2D eigenvalue weighted by Gasteiger charge is 2.17. The zero-order valence-electron chi connectivity index (χ0n) is 15.3. The number of amides is 1. The molecule has 8 nitrogen and oxygen atoms in total. The maximum atomic E-state index is 12.5. The minimum atomic E-state index is -3.73. The third-order valence-corrected chi connectivity index (χ3v) is 5.75. The molecule has 1 aromatic heterocycles. The van der Waals surface area contributed by atoms with Gasteiger partial charge in [0.05, 0.1) is 17.7 Å². The second-order valence-electron chi connectivity index (χ2n) is 6.30. The van der Waals surface area contributed by atoms with Crippen LogP contribution in [0.15, 0.2) is 70.2 Å². The molecule has 0 atom stereocenters. The van der Waals surface area contributed by atoms with E-state index in [0.717, 1.165) is 5.56 Å². The van der Waals surface area contributed by atoms with Crippen LogP contribution < -0.4 is 19.5 Å². The lowest BCUT2D eigenvalue weighted by Gasteiger charge is -2.09. The minimum Gasteiger partial charge on any atom is -0.467 e. The Morgan fingerprint density at radius 2 is 1.76 bits per heavy atom. The summed E-state index contributed by atoms with van der Waals surface area (Å²) >= 11 is 0. The van der Waals surface area contributed by atoms with E-state index >= 15 is 0 Å². The first kappa shape index (κ1) is 19.0. The highest BCUT2D eigenvalue weighted by atomic mass is 32.2. The van der Waals surface area contributed by atoms with Crippen molar-refractivity contribution in [2.24, 2.45) is 0 Å². The Balaban J connectivity index is 1.37. The van der Waals surface area contributed by atoms with E-state index in [4.69, 9.17) is 13.9 Å². The Labute approximate surface area is 167 Å². The van der Waals surface area contributed by atoms with Gasteiger partial charge in [0.1, 0.15) is 5.76 Å². The number of ether oxygens (including phenoxy) is 2. The van der Waals surface area contributed by atoms with Crippen LogP contribution in [-0.4, -0.2) is 21.1 Å². The first-order chi connectivity index (χ1) is 14.0. The van der Waals surface area contributed by atoms with Gasteiger partial charge in [-0.2, -0.15) is 0 Å². The number of hydrogen-bond acceptors (Lipinski definition) is 6. The summed E-state index contributed by atoms with van der Waals surface area (Å²) in [6, 6.07) is 14.4. The summed E-state index contributed by atoms with van der Waals surface area (Å²) in [6.45, 7) is 0.513. The largest absolute Gasteiger partial charge is 0.467 e. The van der Waals surface area contributed by atoms with Crippen molar-refractivity contribution in [3.8, 4) is 11.5 Å². The predicted octanol–water partition coefficient (Wildman–Crippen LogP) is 2.42. The third kappa shape index (κ3) is 4.41. The van der Waals surface area contributed by atoms with Gasteiger partial charge in [-0.25, -0.2) is 13.1 Å². The van der Waals surface area contributed by atoms with Crippen LogP contribution in [0.25, 0.3) is 0 Å². The van der Waals surface area contributed by atoms with Crippen molar-refractivity contribution in [2.45, 2.75) is 18.0 Å². The first-order valence-electron chi connectivity index (χ1n) is 8.80. The van der Waals surface area contributed by atoms with Gasteiger partial charge in [-0.15, -0.1) is 0 Å². The van der Waals surface area contributed by atoms with Crippen molar-refractivity contribution in [2.75, 3.05) is 6.79 Å². The zero-order valence-corrected chi connectivity index (χ0v) is 16.1. The molecule has 9 heteroatoms. The number of sulfonamides is 1. The van der Waals surface area contributed by atoms with E-state index in [2.05, 4.69) is 10.0 Å². The molecule has 0 radical (unpaired) electrons. The SMILES string of the molecule is O=C(NCc1ccco1)c1ccc(S(=O)(=O)NCc2ccc3c(c2)OCO3)cc1. The van der Waals surface area contributed by atoms with Gasteiger partial charge in [0.2, 0.25) is 16.8 Å². The molecule has 2 aromatic carbocycles. The number of rotatable bonds is 7. The Kier molecular flexibility index (Phi) is 5.24. The molecule has 0 bridgehead atoms. The maximum Gasteiger partial charge on any atom is 0.251 e. The van der Waals surface area contributed by atoms with Crippen LogP contribution >= 0.6 is 0 Å². The smallest absolute Gasteiger partial charge is 0.251 e. The predicted molar refractivity (Wildman–Crippen MR) is 103 cm³/mol. The number of carbonyl (C=O) groups excluding carboxylic acids is 1. The summed E-state index contributed by atoms with van der Waals surface area (Å²) in [4.78, 5) is 12.2. The lowest BCUT2D eigenvalue weighted by atomic mass is 10.2. The molecule has 29 heavy (non-hydrogen) atoms. The second kappa shape index (κ2) is 7.98. The molecule has 1 aliphatic rings. The molecule has 150 valence electrons. The van der Waals surface area contributed by atoms with E-state index in [1.54, 1.807) is 30.3 Å². The average Bonchev–Trinajstić information content (AvgIpc) is 3.42. The summed E-state index contributed by atoms with van der Waals surface area (Å²) in [5, 5.41) is 2.71. The van der Waals surface area contributed by atoms with Gasteiger partial charge in [-0.3, -0.25) is 4.79 Å². The van der Waals surface area contributed by atoms with E-state index < -0.39 is 10.0 Å². The number of nitrogens with one attached hydrogen (secondary N) is 2. The summed E-state index contributed by atoms with van der Waals surface area (Å²) < 4.78 is 43.3. The van der Waals surface area contributed by atoms with Gasteiger partial charge in [0.25, 0.3) is 5.91 Å². The van der Waals surface area contributed by atoms with Crippen LogP contribution in [0.4, 0.5) is 0 Å². The van der Waals surface area contributed by atoms with Crippen molar-refractivity contribution in [1.29, 1.82) is 0 Å². The zero-order chi connectivity index (χ0) is 20.3. The lowest BCUT2D eigenvalue weighted by molar-refractivity contribution is 0.0948. The van der Waals surface area contributed by atoms with Gasteiger partial charge < -0.3 is 19.2 Å². The fraction of sp³-hybridized carbons (Fsp3) is 0.150. The average molecular weight is 414 g/mol. The Hall–Kier alpha value is -3.30. The minimum absolute atomic E-state index is 0.0702. The molecule has 0 saturated heterocycles. The maximum absolute atomic E-state index is 12.5. The lowest BCUT2D eigenvalue weighted by Crippen LogP contribution is -2.24. The molecule has 4 rings (SSSR count). The van der Waals surface area contributed by atoms with E-state index in [1.165, 1.54) is 30.5 Å². The number of carbonyl (C=O) groups is 1. The standard InChI is InChI=1S/C20H18N2O6S/c23-20(21-12-16-2-1-9-26-16)15-4-6-17(7-5-15)29(24,25)22-11-14-3-8-18-19(10-14)28-13-27-18/h1-10,22H,11-13H2,(H,21,23). The Morgan fingerprint density at radius 1 is 0.966 bits per heavy atom. The summed E-state index contributed by atoms with van der Waals surface area (Å²) in [6.07, 6.45) is 1.53. The fourth-order valence-electron chi connectivity index (χ4n) is 2.78. The van der Waals surface area contributed by atoms with Gasteiger partial charge >= 0.3 is 0 Å². The third-order valence-electron chi connectivity index (χ3n) is 4.33. The van der Waals surface area contributed by atoms with Gasteiger partial charge in [0, 0.05) is 12.1 Å². The molecule has 0 fully saturated rings. The van der Waals surface area contributed by atoms with Crippen molar-refractivity contribution < 1.29 is 27.1 Å². The van der Waals surface area contributed by atoms with E-state index in [0.29, 0.717) is 22.8 Å². The number of benzene rings is 2. The summed E-state index contributed by atoms with van der Waals surface area (Å²) in [5.74, 6) is 1.54. The van der Waals surface area contributed by atoms with Gasteiger partial charge in [0.15, 0.2) is 11.5 Å². The van der Waals surface area contributed by atoms with E-state index in [-0.39, 0.29) is 30.7 Å². The van der Waals surface area contributed by atoms with Crippen molar-refractivity contribution in [1.82, 2.24) is 10.0 Å².